The molecule has 0 spiro atoms. The summed E-state index contributed by atoms with van der Waals surface area (Å²) in [6.07, 6.45) is 3.99. The second-order valence-corrected chi connectivity index (χ2v) is 6.22. The first kappa shape index (κ1) is 16.7. The van der Waals surface area contributed by atoms with E-state index in [2.05, 4.69) is 10.3 Å². The number of non-ortho nitro benzene ring substituents is 1. The maximum Gasteiger partial charge on any atom is 0.269 e. The monoisotopic (exact) mass is 360 g/mol. The summed E-state index contributed by atoms with van der Waals surface area (Å²) < 4.78 is 0. The molecule has 1 aromatic heterocycles. The van der Waals surface area contributed by atoms with Crippen LogP contribution < -0.4 is 10.2 Å². The number of nitrogens with zero attached hydrogens (tertiary/aromatic N) is 3. The van der Waals surface area contributed by atoms with E-state index in [1.54, 1.807) is 41.6 Å². The van der Waals surface area contributed by atoms with E-state index < -0.39 is 4.92 Å². The van der Waals surface area contributed by atoms with Crippen LogP contribution in [0.25, 0.3) is 0 Å². The van der Waals surface area contributed by atoms with Crippen molar-refractivity contribution in [1.29, 1.82) is 0 Å². The van der Waals surface area contributed by atoms with Gasteiger partial charge in [-0.15, -0.1) is 0 Å². The van der Waals surface area contributed by atoms with E-state index in [0.717, 1.165) is 29.0 Å². The van der Waals surface area contributed by atoms with Crippen molar-refractivity contribution >= 4 is 28.7 Å². The molecule has 7 heteroatoms. The van der Waals surface area contributed by atoms with Crippen LogP contribution >= 0.6 is 0 Å². The summed E-state index contributed by atoms with van der Waals surface area (Å²) in [5, 5.41) is 14.0. The van der Waals surface area contributed by atoms with Crippen LogP contribution in [0.1, 0.15) is 15.9 Å². The molecule has 0 aliphatic carbocycles. The van der Waals surface area contributed by atoms with Crippen LogP contribution in [0.5, 0.6) is 0 Å². The first-order chi connectivity index (χ1) is 13.1. The first-order valence-electron chi connectivity index (χ1n) is 8.48. The van der Waals surface area contributed by atoms with E-state index >= 15 is 0 Å². The normalized spacial score (nSPS) is 12.5. The lowest BCUT2D eigenvalue weighted by molar-refractivity contribution is -0.384. The van der Waals surface area contributed by atoms with Gasteiger partial charge in [0.1, 0.15) is 0 Å². The Bertz CT molecular complexity index is 1000. The molecule has 0 radical (unpaired) electrons. The quantitative estimate of drug-likeness (QED) is 0.562. The lowest BCUT2D eigenvalue weighted by atomic mass is 10.1. The van der Waals surface area contributed by atoms with E-state index in [9.17, 15) is 14.9 Å². The van der Waals surface area contributed by atoms with Crippen molar-refractivity contribution in [2.45, 2.75) is 6.42 Å². The standard InChI is InChI=1S/C20H16N4O3/c25-20(15-2-1-10-21-13-15)23-11-9-14-12-17(5-8-19(14)23)22-16-3-6-18(7-4-16)24(26)27/h1-8,10,12-13,22H,9,11H2. The van der Waals surface area contributed by atoms with Crippen LogP contribution in [0, 0.1) is 10.1 Å². The highest BCUT2D eigenvalue weighted by Gasteiger charge is 2.25. The third-order valence-electron chi connectivity index (χ3n) is 4.50. The summed E-state index contributed by atoms with van der Waals surface area (Å²) in [6, 6.07) is 15.6. The van der Waals surface area contributed by atoms with Gasteiger partial charge in [0.05, 0.1) is 10.5 Å². The van der Waals surface area contributed by atoms with Crippen molar-refractivity contribution in [1.82, 2.24) is 4.98 Å². The molecule has 0 atom stereocenters. The average Bonchev–Trinajstić information content (AvgIpc) is 3.11. The van der Waals surface area contributed by atoms with Gasteiger partial charge in [0.15, 0.2) is 0 Å². The Hall–Kier alpha value is -3.74. The van der Waals surface area contributed by atoms with Crippen LogP contribution in [-0.4, -0.2) is 22.4 Å². The van der Waals surface area contributed by atoms with Gasteiger partial charge in [0, 0.05) is 48.1 Å². The molecule has 2 aromatic carbocycles. The van der Waals surface area contributed by atoms with Gasteiger partial charge in [-0.25, -0.2) is 0 Å². The molecule has 0 saturated heterocycles. The van der Waals surface area contributed by atoms with E-state index in [4.69, 9.17) is 0 Å². The molecule has 7 nitrogen and oxygen atoms in total. The molecule has 3 aromatic rings. The van der Waals surface area contributed by atoms with Crippen molar-refractivity contribution in [3.8, 4) is 0 Å². The minimum atomic E-state index is -0.424. The number of hydrogen-bond acceptors (Lipinski definition) is 5. The number of nitro benzene ring substituents is 1. The predicted octanol–water partition coefficient (Wildman–Crippen LogP) is 3.94. The molecule has 1 aliphatic rings. The highest BCUT2D eigenvalue weighted by molar-refractivity contribution is 6.07. The summed E-state index contributed by atoms with van der Waals surface area (Å²) in [4.78, 5) is 28.8. The van der Waals surface area contributed by atoms with Crippen LogP contribution in [0.3, 0.4) is 0 Å². The number of nitro groups is 1. The van der Waals surface area contributed by atoms with Crippen LogP contribution in [0.2, 0.25) is 0 Å². The molecule has 1 aliphatic heterocycles. The number of amides is 1. The molecule has 1 N–H and O–H groups in total. The van der Waals surface area contributed by atoms with Gasteiger partial charge in [0.2, 0.25) is 0 Å². The number of benzene rings is 2. The van der Waals surface area contributed by atoms with E-state index in [1.807, 2.05) is 18.2 Å². The number of carbonyl (C=O) groups excluding carboxylic acids is 1. The second kappa shape index (κ2) is 6.87. The van der Waals surface area contributed by atoms with Gasteiger partial charge in [-0.2, -0.15) is 0 Å². The number of aromatic nitrogens is 1. The molecule has 27 heavy (non-hydrogen) atoms. The van der Waals surface area contributed by atoms with Gasteiger partial charge in [-0.1, -0.05) is 0 Å². The maximum absolute atomic E-state index is 12.7. The Kier molecular flexibility index (Phi) is 4.25. The van der Waals surface area contributed by atoms with Crippen LogP contribution in [-0.2, 0) is 6.42 Å². The molecular weight excluding hydrogens is 344 g/mol. The molecular formula is C20H16N4O3. The first-order valence-corrected chi connectivity index (χ1v) is 8.48. The summed E-state index contributed by atoms with van der Waals surface area (Å²) in [5.41, 5.74) is 4.25. The molecule has 0 unspecified atom stereocenters. The summed E-state index contributed by atoms with van der Waals surface area (Å²) in [5.74, 6) is -0.0575. The van der Waals surface area contributed by atoms with Gasteiger partial charge in [-0.05, 0) is 54.4 Å². The topological polar surface area (TPSA) is 88.4 Å². The smallest absolute Gasteiger partial charge is 0.269 e. The molecule has 0 saturated carbocycles. The van der Waals surface area contributed by atoms with Crippen molar-refractivity contribution in [2.75, 3.05) is 16.8 Å². The maximum atomic E-state index is 12.7. The number of fused-ring (bicyclic) bond motifs is 1. The number of anilines is 3. The zero-order valence-electron chi connectivity index (χ0n) is 14.3. The fourth-order valence-electron chi connectivity index (χ4n) is 3.17. The Morgan fingerprint density at radius 2 is 1.89 bits per heavy atom. The minimum absolute atomic E-state index is 0.0547. The number of pyridine rings is 1. The third-order valence-corrected chi connectivity index (χ3v) is 4.50. The van der Waals surface area contributed by atoms with E-state index in [0.29, 0.717) is 12.1 Å². The lowest BCUT2D eigenvalue weighted by Gasteiger charge is -2.17. The summed E-state index contributed by atoms with van der Waals surface area (Å²) in [6.45, 7) is 0.629. The molecule has 2 heterocycles. The fourth-order valence-corrected chi connectivity index (χ4v) is 3.17. The summed E-state index contributed by atoms with van der Waals surface area (Å²) >= 11 is 0. The highest BCUT2D eigenvalue weighted by Crippen LogP contribution is 2.32. The van der Waals surface area contributed by atoms with Crippen LogP contribution in [0.4, 0.5) is 22.7 Å². The van der Waals surface area contributed by atoms with Gasteiger partial charge < -0.3 is 10.2 Å². The van der Waals surface area contributed by atoms with Crippen LogP contribution in [0.15, 0.2) is 67.0 Å². The Labute approximate surface area is 155 Å². The largest absolute Gasteiger partial charge is 0.356 e. The number of nitrogens with one attached hydrogen (secondary N) is 1. The molecule has 4 rings (SSSR count). The Morgan fingerprint density at radius 3 is 2.59 bits per heavy atom. The zero-order valence-corrected chi connectivity index (χ0v) is 14.3. The van der Waals surface area contributed by atoms with Crippen molar-refractivity contribution < 1.29 is 9.72 Å². The third kappa shape index (κ3) is 3.35. The highest BCUT2D eigenvalue weighted by atomic mass is 16.6. The minimum Gasteiger partial charge on any atom is -0.356 e. The zero-order chi connectivity index (χ0) is 18.8. The number of hydrogen-bond donors (Lipinski definition) is 1. The van der Waals surface area contributed by atoms with Gasteiger partial charge >= 0.3 is 0 Å². The molecule has 134 valence electrons. The molecule has 0 fully saturated rings. The Morgan fingerprint density at radius 1 is 1.11 bits per heavy atom. The lowest BCUT2D eigenvalue weighted by Crippen LogP contribution is -2.28. The number of carbonyl (C=O) groups is 1. The van der Waals surface area contributed by atoms with Crippen molar-refractivity contribution in [2.24, 2.45) is 0 Å². The fraction of sp³-hybridized carbons (Fsp3) is 0.100. The van der Waals surface area contributed by atoms with Crippen molar-refractivity contribution in [3.05, 3.63) is 88.2 Å². The SMILES string of the molecule is O=C(c1cccnc1)N1CCc2cc(Nc3ccc([N+](=O)[O-])cc3)ccc21. The predicted molar refractivity (Wildman–Crippen MR) is 102 cm³/mol. The Balaban J connectivity index is 1.53. The van der Waals surface area contributed by atoms with E-state index in [-0.39, 0.29) is 11.6 Å². The molecule has 0 bridgehead atoms. The number of rotatable bonds is 4. The average molecular weight is 360 g/mol. The van der Waals surface area contributed by atoms with Gasteiger partial charge in [0.25, 0.3) is 11.6 Å². The summed E-state index contributed by atoms with van der Waals surface area (Å²) in [7, 11) is 0. The van der Waals surface area contributed by atoms with E-state index in [1.165, 1.54) is 12.1 Å². The molecule has 1 amide bonds. The van der Waals surface area contributed by atoms with Gasteiger partial charge in [-0.3, -0.25) is 19.9 Å². The van der Waals surface area contributed by atoms with Crippen molar-refractivity contribution in [3.63, 3.8) is 0 Å². The second-order valence-electron chi connectivity index (χ2n) is 6.22.